The lowest BCUT2D eigenvalue weighted by Crippen LogP contribution is -2.31. The maximum Gasteiger partial charge on any atom is 0.255 e. The molecular formula is C37H35BrClN5O4S. The summed E-state index contributed by atoms with van der Waals surface area (Å²) in [7, 11) is 0. The monoisotopic (exact) mass is 759 g/mol. The number of carbonyl (C=O) groups excluding carboxylic acids is 1. The first-order valence-electron chi connectivity index (χ1n) is 15.8. The van der Waals surface area contributed by atoms with Crippen LogP contribution in [0, 0.1) is 0 Å². The SMILES string of the molecule is CCOc1ccccc1NC(=O)C1=C(C)Nc2nc(SCc3ccccc3Cl)nn2C1c1cc(Br)c(OCc2ccccc2)c(OCC)c1. The predicted molar refractivity (Wildman–Crippen MR) is 198 cm³/mol. The van der Waals surface area contributed by atoms with Crippen molar-refractivity contribution in [1.29, 1.82) is 0 Å². The van der Waals surface area contributed by atoms with Gasteiger partial charge in [-0.2, -0.15) is 4.98 Å². The van der Waals surface area contributed by atoms with Gasteiger partial charge in [-0.05, 0) is 83.7 Å². The molecule has 1 aliphatic rings. The van der Waals surface area contributed by atoms with E-state index in [9.17, 15) is 4.79 Å². The third-order valence-corrected chi connectivity index (χ3v) is 9.55. The van der Waals surface area contributed by atoms with E-state index >= 15 is 0 Å². The van der Waals surface area contributed by atoms with Gasteiger partial charge in [-0.25, -0.2) is 4.68 Å². The van der Waals surface area contributed by atoms with E-state index in [4.69, 9.17) is 35.9 Å². The molecular weight excluding hydrogens is 726 g/mol. The van der Waals surface area contributed by atoms with Gasteiger partial charge in [-0.15, -0.1) is 5.10 Å². The van der Waals surface area contributed by atoms with Crippen LogP contribution < -0.4 is 24.8 Å². The molecule has 0 spiro atoms. The molecule has 2 heterocycles. The highest BCUT2D eigenvalue weighted by Crippen LogP contribution is 2.44. The second-order valence-corrected chi connectivity index (χ2v) is 13.2. The van der Waals surface area contributed by atoms with Crippen LogP contribution in [0.3, 0.4) is 0 Å². The summed E-state index contributed by atoms with van der Waals surface area (Å²) < 4.78 is 20.6. The minimum Gasteiger partial charge on any atom is -0.492 e. The molecule has 1 aliphatic heterocycles. The van der Waals surface area contributed by atoms with Crippen molar-refractivity contribution in [2.24, 2.45) is 0 Å². The van der Waals surface area contributed by atoms with E-state index in [1.54, 1.807) is 4.68 Å². The molecule has 49 heavy (non-hydrogen) atoms. The normalized spacial score (nSPS) is 13.8. The number of carbonyl (C=O) groups is 1. The van der Waals surface area contributed by atoms with Gasteiger partial charge in [0.2, 0.25) is 11.1 Å². The van der Waals surface area contributed by atoms with Crippen molar-refractivity contribution in [3.05, 3.63) is 128 Å². The molecule has 1 amide bonds. The third-order valence-electron chi connectivity index (χ3n) is 7.70. The van der Waals surface area contributed by atoms with E-state index in [1.807, 2.05) is 112 Å². The number of para-hydroxylation sites is 2. The maximum atomic E-state index is 14.3. The van der Waals surface area contributed by atoms with Gasteiger partial charge in [0.15, 0.2) is 11.5 Å². The molecule has 1 atom stereocenters. The average molecular weight is 761 g/mol. The smallest absolute Gasteiger partial charge is 0.255 e. The molecule has 1 aromatic heterocycles. The number of fused-ring (bicyclic) bond motifs is 1. The van der Waals surface area contributed by atoms with Gasteiger partial charge in [-0.1, -0.05) is 84.0 Å². The number of hydrogen-bond acceptors (Lipinski definition) is 8. The second kappa shape index (κ2) is 15.8. The van der Waals surface area contributed by atoms with Gasteiger partial charge in [0, 0.05) is 16.5 Å². The minimum atomic E-state index is -0.670. The highest BCUT2D eigenvalue weighted by atomic mass is 79.9. The highest BCUT2D eigenvalue weighted by Gasteiger charge is 2.36. The van der Waals surface area contributed by atoms with Crippen LogP contribution in [0.1, 0.15) is 43.5 Å². The van der Waals surface area contributed by atoms with E-state index in [0.29, 0.717) is 80.4 Å². The van der Waals surface area contributed by atoms with Crippen molar-refractivity contribution in [2.45, 2.75) is 44.3 Å². The van der Waals surface area contributed by atoms with Crippen LogP contribution in [0.4, 0.5) is 11.6 Å². The molecule has 0 fully saturated rings. The number of aromatic nitrogens is 3. The number of nitrogens with zero attached hydrogens (tertiary/aromatic N) is 3. The summed E-state index contributed by atoms with van der Waals surface area (Å²) in [5, 5.41) is 12.5. The summed E-state index contributed by atoms with van der Waals surface area (Å²) in [6.07, 6.45) is 0. The number of hydrogen-bond donors (Lipinski definition) is 2. The van der Waals surface area contributed by atoms with Crippen molar-refractivity contribution in [1.82, 2.24) is 14.8 Å². The van der Waals surface area contributed by atoms with Crippen LogP contribution >= 0.6 is 39.3 Å². The maximum absolute atomic E-state index is 14.3. The van der Waals surface area contributed by atoms with Crippen LogP contribution in [0.25, 0.3) is 0 Å². The van der Waals surface area contributed by atoms with Gasteiger partial charge < -0.3 is 24.8 Å². The Hall–Kier alpha value is -4.45. The van der Waals surface area contributed by atoms with Crippen LogP contribution in [-0.2, 0) is 17.2 Å². The van der Waals surface area contributed by atoms with Crippen LogP contribution in [0.5, 0.6) is 17.2 Å². The minimum absolute atomic E-state index is 0.313. The first-order chi connectivity index (χ1) is 23.9. The van der Waals surface area contributed by atoms with E-state index in [2.05, 4.69) is 26.6 Å². The van der Waals surface area contributed by atoms with E-state index in [-0.39, 0.29) is 5.91 Å². The molecule has 12 heteroatoms. The Morgan fingerprint density at radius 1 is 0.959 bits per heavy atom. The van der Waals surface area contributed by atoms with Crippen molar-refractivity contribution in [2.75, 3.05) is 23.8 Å². The zero-order chi connectivity index (χ0) is 34.3. The molecule has 0 radical (unpaired) electrons. The molecule has 0 saturated carbocycles. The highest BCUT2D eigenvalue weighted by molar-refractivity contribution is 9.10. The molecule has 252 valence electrons. The van der Waals surface area contributed by atoms with E-state index < -0.39 is 6.04 Å². The number of anilines is 2. The summed E-state index contributed by atoms with van der Waals surface area (Å²) in [4.78, 5) is 19.1. The Morgan fingerprint density at radius 2 is 1.67 bits per heavy atom. The molecule has 5 aromatic rings. The van der Waals surface area contributed by atoms with Crippen LogP contribution in [-0.4, -0.2) is 33.9 Å². The summed E-state index contributed by atoms with van der Waals surface area (Å²) in [6.45, 7) is 6.92. The molecule has 6 rings (SSSR count). The van der Waals surface area contributed by atoms with E-state index in [0.717, 1.165) is 16.7 Å². The molecule has 0 saturated heterocycles. The molecule has 1 unspecified atom stereocenters. The number of halogens is 2. The van der Waals surface area contributed by atoms with Gasteiger partial charge in [0.05, 0.1) is 28.9 Å². The van der Waals surface area contributed by atoms with Gasteiger partial charge in [-0.3, -0.25) is 4.79 Å². The summed E-state index contributed by atoms with van der Waals surface area (Å²) in [5.41, 5.74) is 4.41. The number of rotatable bonds is 13. The quantitative estimate of drug-likeness (QED) is 0.115. The number of benzene rings is 4. The predicted octanol–water partition coefficient (Wildman–Crippen LogP) is 9.29. The van der Waals surface area contributed by atoms with Gasteiger partial charge in [0.1, 0.15) is 18.4 Å². The average Bonchev–Trinajstić information content (AvgIpc) is 3.50. The molecule has 2 N–H and O–H groups in total. The third kappa shape index (κ3) is 7.90. The standard InChI is InChI=1S/C37H35BrClN5O4S/c1-4-46-30-18-12-11-17-29(30)41-35(45)32-23(3)40-36-42-37(49-22-25-15-9-10-16-28(25)39)43-44(36)33(32)26-19-27(38)34(31(20-26)47-5-2)48-21-24-13-7-6-8-14-24/h6-20,33H,4-5,21-22H2,1-3H3,(H,41,45)(H,40,42,43). The number of amides is 1. The topological polar surface area (TPSA) is 99.5 Å². The van der Waals surface area contributed by atoms with Crippen molar-refractivity contribution >= 4 is 56.8 Å². The molecule has 4 aromatic carbocycles. The zero-order valence-corrected chi connectivity index (χ0v) is 30.4. The van der Waals surface area contributed by atoms with Gasteiger partial charge >= 0.3 is 0 Å². The number of allylic oxidation sites excluding steroid dienone is 1. The van der Waals surface area contributed by atoms with Crippen molar-refractivity contribution in [3.63, 3.8) is 0 Å². The lowest BCUT2D eigenvalue weighted by atomic mass is 9.94. The fourth-order valence-corrected chi connectivity index (χ4v) is 7.16. The summed E-state index contributed by atoms with van der Waals surface area (Å²) in [5.74, 6) is 2.46. The fraction of sp³-hybridized carbons (Fsp3) is 0.216. The van der Waals surface area contributed by atoms with E-state index in [1.165, 1.54) is 11.8 Å². The Labute approximate surface area is 303 Å². The lowest BCUT2D eigenvalue weighted by Gasteiger charge is -2.29. The first-order valence-corrected chi connectivity index (χ1v) is 18.0. The number of nitrogens with one attached hydrogen (secondary N) is 2. The Morgan fingerprint density at radius 3 is 2.45 bits per heavy atom. The Kier molecular flexibility index (Phi) is 11.1. The van der Waals surface area contributed by atoms with Crippen LogP contribution in [0.15, 0.2) is 112 Å². The second-order valence-electron chi connectivity index (χ2n) is 11.0. The van der Waals surface area contributed by atoms with Crippen molar-refractivity contribution < 1.29 is 19.0 Å². The first kappa shape index (κ1) is 34.4. The zero-order valence-electron chi connectivity index (χ0n) is 27.2. The number of thioether (sulfide) groups is 1. The summed E-state index contributed by atoms with van der Waals surface area (Å²) >= 11 is 11.6. The Balaban J connectivity index is 1.40. The molecule has 0 bridgehead atoms. The van der Waals surface area contributed by atoms with Crippen molar-refractivity contribution in [3.8, 4) is 17.2 Å². The fourth-order valence-electron chi connectivity index (χ4n) is 5.47. The number of ether oxygens (including phenoxy) is 3. The summed E-state index contributed by atoms with van der Waals surface area (Å²) in [6, 6.07) is 28.2. The molecule has 0 aliphatic carbocycles. The Bertz CT molecular complexity index is 1990. The molecule has 9 nitrogen and oxygen atoms in total. The van der Waals surface area contributed by atoms with Gasteiger partial charge in [0.25, 0.3) is 5.91 Å². The largest absolute Gasteiger partial charge is 0.492 e. The lowest BCUT2D eigenvalue weighted by molar-refractivity contribution is -0.113. The van der Waals surface area contributed by atoms with Crippen LogP contribution in [0.2, 0.25) is 5.02 Å².